The minimum atomic E-state index is -1.05. The smallest absolute Gasteiger partial charge is 0.255 e. The van der Waals surface area contributed by atoms with E-state index in [1.165, 1.54) is 0 Å². The predicted molar refractivity (Wildman–Crippen MR) is 140 cm³/mol. The van der Waals surface area contributed by atoms with E-state index < -0.39 is 5.54 Å². The third kappa shape index (κ3) is 4.39. The predicted octanol–water partition coefficient (Wildman–Crippen LogP) is 5.36. The number of benzene rings is 3. The highest BCUT2D eigenvalue weighted by atomic mass is 32.2. The van der Waals surface area contributed by atoms with Crippen molar-refractivity contribution in [3.8, 4) is 5.75 Å². The number of carbonyl (C=O) groups excluding carboxylic acids is 2. The van der Waals surface area contributed by atoms with Crippen molar-refractivity contribution in [1.29, 1.82) is 0 Å². The van der Waals surface area contributed by atoms with Crippen LogP contribution in [-0.4, -0.2) is 46.6 Å². The van der Waals surface area contributed by atoms with Gasteiger partial charge in [-0.1, -0.05) is 30.3 Å². The second kappa shape index (κ2) is 9.50. The Kier molecular flexibility index (Phi) is 6.26. The molecule has 2 N–H and O–H groups in total. The topological polar surface area (TPSA) is 74.4 Å². The van der Waals surface area contributed by atoms with Gasteiger partial charge in [0.25, 0.3) is 11.8 Å². The molecule has 1 atom stereocenters. The average molecular weight is 486 g/mol. The molecular formula is C28H27N3O3S. The van der Waals surface area contributed by atoms with Crippen molar-refractivity contribution in [1.82, 2.24) is 9.88 Å². The molecule has 1 aromatic heterocycles. The molecule has 2 heterocycles. The standard InChI is InChI=1S/C28H27N3O3S/c1-28(27(33)30-20-11-13-21(34-2)14-12-20)18-35-25-10-6-4-8-23(25)26(32)31(28)16-15-19-17-29-24-9-5-3-7-22(19)24/h3-14,17,29H,15-16,18H2,1-2H3,(H,30,33). The Hall–Kier alpha value is -3.71. The summed E-state index contributed by atoms with van der Waals surface area (Å²) in [4.78, 5) is 33.5. The molecule has 0 saturated heterocycles. The summed E-state index contributed by atoms with van der Waals surface area (Å²) in [6.45, 7) is 2.28. The van der Waals surface area contributed by atoms with Gasteiger partial charge in [0.1, 0.15) is 11.3 Å². The number of fused-ring (bicyclic) bond motifs is 2. The molecule has 6 nitrogen and oxygen atoms in total. The lowest BCUT2D eigenvalue weighted by molar-refractivity contribution is -0.124. The van der Waals surface area contributed by atoms with E-state index >= 15 is 0 Å². The van der Waals surface area contributed by atoms with Crippen LogP contribution in [0, 0.1) is 0 Å². The first-order chi connectivity index (χ1) is 17.0. The lowest BCUT2D eigenvalue weighted by Crippen LogP contribution is -2.58. The Labute approximate surface area is 208 Å². The van der Waals surface area contributed by atoms with Gasteiger partial charge < -0.3 is 19.9 Å². The van der Waals surface area contributed by atoms with Gasteiger partial charge in [-0.05, 0) is 61.4 Å². The van der Waals surface area contributed by atoms with Crippen LogP contribution in [-0.2, 0) is 11.2 Å². The Bertz CT molecular complexity index is 1380. The van der Waals surface area contributed by atoms with Gasteiger partial charge in [0.15, 0.2) is 0 Å². The molecule has 178 valence electrons. The van der Waals surface area contributed by atoms with E-state index in [2.05, 4.69) is 16.4 Å². The Morgan fingerprint density at radius 3 is 2.63 bits per heavy atom. The van der Waals surface area contributed by atoms with Crippen LogP contribution in [0.4, 0.5) is 5.69 Å². The maximum absolute atomic E-state index is 13.8. The molecule has 2 amide bonds. The number of hydrogen-bond acceptors (Lipinski definition) is 4. The summed E-state index contributed by atoms with van der Waals surface area (Å²) < 4.78 is 5.22. The highest BCUT2D eigenvalue weighted by Crippen LogP contribution is 2.36. The molecule has 0 aliphatic carbocycles. The highest BCUT2D eigenvalue weighted by molar-refractivity contribution is 7.99. The molecule has 0 bridgehead atoms. The first-order valence-electron chi connectivity index (χ1n) is 11.5. The summed E-state index contributed by atoms with van der Waals surface area (Å²) in [7, 11) is 1.60. The normalized spacial score (nSPS) is 17.7. The third-order valence-corrected chi connectivity index (χ3v) is 7.96. The summed E-state index contributed by atoms with van der Waals surface area (Å²) >= 11 is 1.55. The van der Waals surface area contributed by atoms with Crippen LogP contribution < -0.4 is 10.1 Å². The number of amides is 2. The monoisotopic (exact) mass is 485 g/mol. The molecule has 7 heteroatoms. The minimum absolute atomic E-state index is 0.127. The van der Waals surface area contributed by atoms with Crippen LogP contribution in [0.5, 0.6) is 5.75 Å². The Morgan fingerprint density at radius 2 is 1.83 bits per heavy atom. The summed E-state index contributed by atoms with van der Waals surface area (Å²) in [5.41, 5.74) is 2.43. The first-order valence-corrected chi connectivity index (χ1v) is 12.5. The molecule has 0 spiro atoms. The number of aromatic amines is 1. The van der Waals surface area contributed by atoms with Crippen LogP contribution in [0.25, 0.3) is 10.9 Å². The van der Waals surface area contributed by atoms with Crippen LogP contribution in [0.2, 0.25) is 0 Å². The van der Waals surface area contributed by atoms with Crippen molar-refractivity contribution in [3.05, 3.63) is 90.1 Å². The number of para-hydroxylation sites is 1. The van der Waals surface area contributed by atoms with Gasteiger partial charge in [-0.2, -0.15) is 0 Å². The van der Waals surface area contributed by atoms with Gasteiger partial charge in [0.05, 0.1) is 12.7 Å². The van der Waals surface area contributed by atoms with Crippen LogP contribution in [0.1, 0.15) is 22.8 Å². The number of ether oxygens (including phenoxy) is 1. The molecule has 0 saturated carbocycles. The molecular weight excluding hydrogens is 458 g/mol. The van der Waals surface area contributed by atoms with Gasteiger partial charge in [0.2, 0.25) is 0 Å². The highest BCUT2D eigenvalue weighted by Gasteiger charge is 2.45. The summed E-state index contributed by atoms with van der Waals surface area (Å²) in [6, 6.07) is 22.9. The Morgan fingerprint density at radius 1 is 1.09 bits per heavy atom. The first kappa shape index (κ1) is 23.1. The quantitative estimate of drug-likeness (QED) is 0.385. The largest absolute Gasteiger partial charge is 0.497 e. The fraction of sp³-hybridized carbons (Fsp3) is 0.214. The van der Waals surface area contributed by atoms with Gasteiger partial charge in [-0.15, -0.1) is 11.8 Å². The van der Waals surface area contributed by atoms with Crippen molar-refractivity contribution in [2.24, 2.45) is 0 Å². The molecule has 35 heavy (non-hydrogen) atoms. The van der Waals surface area contributed by atoms with Gasteiger partial charge in [0, 0.05) is 40.0 Å². The van der Waals surface area contributed by atoms with E-state index in [0.717, 1.165) is 21.4 Å². The number of rotatable bonds is 6. The fourth-order valence-corrected chi connectivity index (χ4v) is 5.69. The second-order valence-electron chi connectivity index (χ2n) is 8.81. The van der Waals surface area contributed by atoms with Crippen LogP contribution in [0.3, 0.4) is 0 Å². The zero-order valence-electron chi connectivity index (χ0n) is 19.7. The number of anilines is 1. The van der Waals surface area contributed by atoms with Gasteiger partial charge >= 0.3 is 0 Å². The second-order valence-corrected chi connectivity index (χ2v) is 9.82. The van der Waals surface area contributed by atoms with Crippen LogP contribution in [0.15, 0.2) is 83.9 Å². The van der Waals surface area contributed by atoms with E-state index in [1.807, 2.05) is 55.6 Å². The number of carbonyl (C=O) groups is 2. The van der Waals surface area contributed by atoms with E-state index in [1.54, 1.807) is 48.0 Å². The number of hydrogen-bond donors (Lipinski definition) is 2. The molecule has 5 rings (SSSR count). The number of H-pyrrole nitrogens is 1. The number of nitrogens with zero attached hydrogens (tertiary/aromatic N) is 1. The van der Waals surface area contributed by atoms with Gasteiger partial charge in [-0.25, -0.2) is 0 Å². The number of thioether (sulfide) groups is 1. The lowest BCUT2D eigenvalue weighted by atomic mass is 9.98. The number of methoxy groups -OCH3 is 1. The number of nitrogens with one attached hydrogen (secondary N) is 2. The molecule has 4 aromatic rings. The van der Waals surface area contributed by atoms with Crippen molar-refractivity contribution in [2.75, 3.05) is 24.7 Å². The maximum Gasteiger partial charge on any atom is 0.255 e. The van der Waals surface area contributed by atoms with E-state index in [-0.39, 0.29) is 11.8 Å². The van der Waals surface area contributed by atoms with Crippen molar-refractivity contribution in [3.63, 3.8) is 0 Å². The van der Waals surface area contributed by atoms with Crippen molar-refractivity contribution < 1.29 is 14.3 Å². The van der Waals surface area contributed by atoms with Crippen LogP contribution >= 0.6 is 11.8 Å². The SMILES string of the molecule is COc1ccc(NC(=O)C2(C)CSc3ccccc3C(=O)N2CCc2c[nH]c3ccccc23)cc1. The van der Waals surface area contributed by atoms with Crippen molar-refractivity contribution >= 4 is 40.2 Å². The molecule has 1 aliphatic rings. The average Bonchev–Trinajstić information content (AvgIpc) is 3.26. The third-order valence-electron chi connectivity index (χ3n) is 6.58. The maximum atomic E-state index is 13.8. The molecule has 1 unspecified atom stereocenters. The molecule has 0 radical (unpaired) electrons. The lowest BCUT2D eigenvalue weighted by Gasteiger charge is -2.38. The molecule has 0 fully saturated rings. The van der Waals surface area contributed by atoms with E-state index in [0.29, 0.717) is 35.7 Å². The van der Waals surface area contributed by atoms with Gasteiger partial charge in [-0.3, -0.25) is 9.59 Å². The summed E-state index contributed by atoms with van der Waals surface area (Å²) in [5.74, 6) is 0.823. The minimum Gasteiger partial charge on any atom is -0.497 e. The van der Waals surface area contributed by atoms with E-state index in [4.69, 9.17) is 4.74 Å². The summed E-state index contributed by atoms with van der Waals surface area (Å²) in [6.07, 6.45) is 2.62. The summed E-state index contributed by atoms with van der Waals surface area (Å²) in [5, 5.41) is 4.16. The molecule has 3 aromatic carbocycles. The zero-order valence-corrected chi connectivity index (χ0v) is 20.5. The van der Waals surface area contributed by atoms with Crippen molar-refractivity contribution in [2.45, 2.75) is 23.8 Å². The Balaban J connectivity index is 1.46. The molecule has 1 aliphatic heterocycles. The zero-order chi connectivity index (χ0) is 24.4. The van der Waals surface area contributed by atoms with E-state index in [9.17, 15) is 9.59 Å². The number of aromatic nitrogens is 1. The fourth-order valence-electron chi connectivity index (χ4n) is 4.48.